The quantitative estimate of drug-likeness (QED) is 0.802. The fraction of sp³-hybridized carbons (Fsp3) is 0.385. The third kappa shape index (κ3) is 6.04. The maximum absolute atomic E-state index is 12.3. The highest BCUT2D eigenvalue weighted by molar-refractivity contribution is 6.32. The Labute approximate surface area is 125 Å². The number of amides is 1. The predicted octanol–water partition coefficient (Wildman–Crippen LogP) is 1.71. The van der Waals surface area contributed by atoms with Gasteiger partial charge in [0, 0.05) is 12.2 Å². The summed E-state index contributed by atoms with van der Waals surface area (Å²) in [5, 5.41) is 20.2. The van der Waals surface area contributed by atoms with Gasteiger partial charge in [0.25, 0.3) is 6.43 Å². The van der Waals surface area contributed by atoms with E-state index in [-0.39, 0.29) is 30.3 Å². The van der Waals surface area contributed by atoms with Crippen molar-refractivity contribution in [1.29, 1.82) is 5.26 Å². The van der Waals surface area contributed by atoms with E-state index in [0.29, 0.717) is 5.69 Å². The normalized spacial score (nSPS) is 10.7. The van der Waals surface area contributed by atoms with E-state index in [1.54, 1.807) is 0 Å². The second-order valence-corrected chi connectivity index (χ2v) is 4.61. The van der Waals surface area contributed by atoms with Crippen LogP contribution in [0.25, 0.3) is 0 Å². The monoisotopic (exact) mass is 317 g/mol. The van der Waals surface area contributed by atoms with E-state index in [4.69, 9.17) is 22.0 Å². The Hall–Kier alpha value is -1.75. The van der Waals surface area contributed by atoms with Gasteiger partial charge in [-0.25, -0.2) is 8.78 Å². The highest BCUT2D eigenvalue weighted by Gasteiger charge is 2.15. The van der Waals surface area contributed by atoms with Gasteiger partial charge in [0.05, 0.1) is 30.3 Å². The Balaban J connectivity index is 2.63. The predicted molar refractivity (Wildman–Crippen MR) is 74.3 cm³/mol. The number of nitrogens with one attached hydrogen (secondary N) is 1. The van der Waals surface area contributed by atoms with Crippen LogP contribution in [0.5, 0.6) is 0 Å². The van der Waals surface area contributed by atoms with Gasteiger partial charge in [-0.1, -0.05) is 11.6 Å². The smallest absolute Gasteiger partial charge is 0.251 e. The second kappa shape index (κ2) is 8.52. The molecule has 0 unspecified atom stereocenters. The van der Waals surface area contributed by atoms with Gasteiger partial charge in [-0.15, -0.1) is 0 Å². The van der Waals surface area contributed by atoms with Crippen LogP contribution >= 0.6 is 11.6 Å². The summed E-state index contributed by atoms with van der Waals surface area (Å²) in [5.41, 5.74) is 0.638. The van der Waals surface area contributed by atoms with Gasteiger partial charge in [0.15, 0.2) is 0 Å². The van der Waals surface area contributed by atoms with Gasteiger partial charge in [-0.05, 0) is 18.2 Å². The molecule has 1 rings (SSSR count). The van der Waals surface area contributed by atoms with Crippen LogP contribution in [0.3, 0.4) is 0 Å². The zero-order valence-corrected chi connectivity index (χ0v) is 11.8. The molecule has 0 atom stereocenters. The van der Waals surface area contributed by atoms with E-state index in [2.05, 4.69) is 5.32 Å². The lowest BCUT2D eigenvalue weighted by Crippen LogP contribution is -2.38. The summed E-state index contributed by atoms with van der Waals surface area (Å²) in [6.07, 6.45) is -2.59. The summed E-state index contributed by atoms with van der Waals surface area (Å²) in [7, 11) is 0. The lowest BCUT2D eigenvalue weighted by Gasteiger charge is -2.20. The number of carbonyl (C=O) groups excluding carboxylic acids is 1. The third-order valence-electron chi connectivity index (χ3n) is 2.55. The van der Waals surface area contributed by atoms with E-state index in [9.17, 15) is 13.6 Å². The molecule has 0 aliphatic heterocycles. The molecule has 0 aliphatic carbocycles. The number of nitriles is 1. The Morgan fingerprint density at radius 3 is 2.76 bits per heavy atom. The largest absolute Gasteiger partial charge is 0.395 e. The minimum Gasteiger partial charge on any atom is -0.395 e. The summed E-state index contributed by atoms with van der Waals surface area (Å²) >= 11 is 5.82. The number of halogens is 3. The first-order valence-electron chi connectivity index (χ1n) is 6.07. The maximum Gasteiger partial charge on any atom is 0.251 e. The van der Waals surface area contributed by atoms with E-state index in [0.717, 1.165) is 4.90 Å². The lowest BCUT2D eigenvalue weighted by atomic mass is 10.2. The number of rotatable bonds is 7. The molecule has 0 bridgehead atoms. The molecule has 0 spiro atoms. The molecule has 0 radical (unpaired) electrons. The summed E-state index contributed by atoms with van der Waals surface area (Å²) < 4.78 is 24.6. The number of alkyl halides is 2. The molecule has 0 fully saturated rings. The topological polar surface area (TPSA) is 76.4 Å². The zero-order chi connectivity index (χ0) is 15.8. The van der Waals surface area contributed by atoms with Crippen LogP contribution in [0.2, 0.25) is 5.02 Å². The number of anilines is 1. The Bertz CT molecular complexity index is 535. The first kappa shape index (κ1) is 17.3. The molecule has 0 heterocycles. The molecule has 0 aromatic heterocycles. The van der Waals surface area contributed by atoms with Crippen molar-refractivity contribution in [2.75, 3.05) is 31.6 Å². The summed E-state index contributed by atoms with van der Waals surface area (Å²) in [6.45, 7) is -1.21. The molecule has 0 aliphatic rings. The van der Waals surface area contributed by atoms with Crippen molar-refractivity contribution in [2.24, 2.45) is 0 Å². The number of carbonyl (C=O) groups is 1. The first-order valence-corrected chi connectivity index (χ1v) is 6.45. The average Bonchev–Trinajstić information content (AvgIpc) is 2.38. The van der Waals surface area contributed by atoms with E-state index >= 15 is 0 Å². The van der Waals surface area contributed by atoms with E-state index in [1.165, 1.54) is 18.2 Å². The van der Waals surface area contributed by atoms with Crippen molar-refractivity contribution in [1.82, 2.24) is 4.90 Å². The van der Waals surface area contributed by atoms with Crippen molar-refractivity contribution in [2.45, 2.75) is 6.43 Å². The number of aliphatic hydroxyl groups is 1. The maximum atomic E-state index is 12.3. The molecule has 21 heavy (non-hydrogen) atoms. The van der Waals surface area contributed by atoms with Crippen LogP contribution < -0.4 is 5.32 Å². The lowest BCUT2D eigenvalue weighted by molar-refractivity contribution is -0.117. The number of benzene rings is 1. The van der Waals surface area contributed by atoms with Crippen molar-refractivity contribution >= 4 is 23.2 Å². The molecule has 0 saturated carbocycles. The molecule has 0 saturated heterocycles. The number of aliphatic hydroxyl groups excluding tert-OH is 1. The minimum atomic E-state index is -2.59. The van der Waals surface area contributed by atoms with Gasteiger partial charge >= 0.3 is 0 Å². The fourth-order valence-corrected chi connectivity index (χ4v) is 1.88. The Kier molecular flexibility index (Phi) is 7.02. The molecule has 5 nitrogen and oxygen atoms in total. The standard InChI is InChI=1S/C13H14ClF2N3O2/c14-11-5-10(2-1-9(11)6-17)18-13(21)8-19(3-4-20)7-12(15)16/h1-2,5,12,20H,3-4,7-8H2,(H,18,21). The first-order chi connectivity index (χ1) is 9.96. The molecular weight excluding hydrogens is 304 g/mol. The van der Waals surface area contributed by atoms with Gasteiger partial charge in [-0.2, -0.15) is 5.26 Å². The molecule has 1 aromatic carbocycles. The van der Waals surface area contributed by atoms with Crippen LogP contribution in [0, 0.1) is 11.3 Å². The van der Waals surface area contributed by atoms with Crippen molar-refractivity contribution in [3.05, 3.63) is 28.8 Å². The molecule has 1 amide bonds. The molecule has 8 heteroatoms. The molecule has 1 aromatic rings. The summed E-state index contributed by atoms with van der Waals surface area (Å²) in [4.78, 5) is 12.9. The zero-order valence-electron chi connectivity index (χ0n) is 11.0. The highest BCUT2D eigenvalue weighted by atomic mass is 35.5. The Morgan fingerprint density at radius 2 is 2.24 bits per heavy atom. The SMILES string of the molecule is N#Cc1ccc(NC(=O)CN(CCO)CC(F)F)cc1Cl. The molecule has 2 N–H and O–H groups in total. The minimum absolute atomic E-state index is 0.0219. The van der Waals surface area contributed by atoms with E-state index in [1.807, 2.05) is 6.07 Å². The molecule has 114 valence electrons. The Morgan fingerprint density at radius 1 is 1.52 bits per heavy atom. The van der Waals surface area contributed by atoms with E-state index < -0.39 is 18.9 Å². The molecular formula is C13H14ClF2N3O2. The van der Waals surface area contributed by atoms with Crippen molar-refractivity contribution in [3.63, 3.8) is 0 Å². The summed E-state index contributed by atoms with van der Waals surface area (Å²) in [6, 6.07) is 6.23. The number of hydrogen-bond donors (Lipinski definition) is 2. The van der Waals surface area contributed by atoms with Crippen LogP contribution in [0.1, 0.15) is 5.56 Å². The highest BCUT2D eigenvalue weighted by Crippen LogP contribution is 2.20. The second-order valence-electron chi connectivity index (χ2n) is 4.20. The third-order valence-corrected chi connectivity index (χ3v) is 2.87. The van der Waals surface area contributed by atoms with Crippen LogP contribution in [0.4, 0.5) is 14.5 Å². The van der Waals surface area contributed by atoms with Gasteiger partial charge in [0.1, 0.15) is 6.07 Å². The van der Waals surface area contributed by atoms with Crippen LogP contribution in [-0.2, 0) is 4.79 Å². The van der Waals surface area contributed by atoms with Crippen molar-refractivity contribution in [3.8, 4) is 6.07 Å². The number of nitrogens with zero attached hydrogens (tertiary/aromatic N) is 2. The van der Waals surface area contributed by atoms with Crippen molar-refractivity contribution < 1.29 is 18.7 Å². The number of hydrogen-bond acceptors (Lipinski definition) is 4. The van der Waals surface area contributed by atoms with Gasteiger partial charge < -0.3 is 10.4 Å². The fourth-order valence-electron chi connectivity index (χ4n) is 1.66. The van der Waals surface area contributed by atoms with Crippen LogP contribution in [0.15, 0.2) is 18.2 Å². The average molecular weight is 318 g/mol. The summed E-state index contributed by atoms with van der Waals surface area (Å²) in [5.74, 6) is -0.509. The van der Waals surface area contributed by atoms with Crippen LogP contribution in [-0.4, -0.2) is 48.6 Å². The van der Waals surface area contributed by atoms with Gasteiger partial charge in [-0.3, -0.25) is 9.69 Å². The van der Waals surface area contributed by atoms with Gasteiger partial charge in [0.2, 0.25) is 5.91 Å².